The Kier molecular flexibility index (Phi) is 14.3. The summed E-state index contributed by atoms with van der Waals surface area (Å²) >= 11 is 0. The van der Waals surface area contributed by atoms with E-state index in [-0.39, 0.29) is 30.2 Å². The predicted molar refractivity (Wildman–Crippen MR) is 89.5 cm³/mol. The van der Waals surface area contributed by atoms with Crippen LogP contribution in [0, 0.1) is 5.21 Å². The first-order chi connectivity index (χ1) is 10.6. The molecule has 0 amide bonds. The monoisotopic (exact) mass is 319 g/mol. The van der Waals surface area contributed by atoms with Crippen LogP contribution in [-0.2, 0) is 4.74 Å². The maximum absolute atomic E-state index is 12.3. The van der Waals surface area contributed by atoms with Gasteiger partial charge in [0.05, 0.1) is 6.61 Å². The van der Waals surface area contributed by atoms with Gasteiger partial charge in [0.1, 0.15) is 12.1 Å². The van der Waals surface area contributed by atoms with Gasteiger partial charge in [-0.25, -0.2) is 0 Å². The molecule has 0 rings (SSSR count). The number of ether oxygens (including phenoxy) is 1. The Bertz CT molecular complexity index is 241. The van der Waals surface area contributed by atoms with E-state index >= 15 is 0 Å². The summed E-state index contributed by atoms with van der Waals surface area (Å²) in [6.45, 7) is 6.43. The van der Waals surface area contributed by atoms with Crippen molar-refractivity contribution in [1.82, 2.24) is 0 Å². The van der Waals surface area contributed by atoms with Gasteiger partial charge in [-0.1, -0.05) is 45.4 Å². The highest BCUT2D eigenvalue weighted by Crippen LogP contribution is 2.11. The highest BCUT2D eigenvalue weighted by molar-refractivity contribution is 4.66. The minimum Gasteiger partial charge on any atom is -0.632 e. The van der Waals surface area contributed by atoms with E-state index in [1.165, 1.54) is 32.1 Å². The summed E-state index contributed by atoms with van der Waals surface area (Å²) < 4.78 is 5.57. The molecule has 0 fully saturated rings. The lowest BCUT2D eigenvalue weighted by Gasteiger charge is -2.38. The van der Waals surface area contributed by atoms with Crippen molar-refractivity contribution in [1.29, 1.82) is 0 Å². The Hall–Kier alpha value is -0.200. The lowest BCUT2D eigenvalue weighted by atomic mass is 10.0. The largest absolute Gasteiger partial charge is 0.632 e. The standard InChI is InChI=1S/C17H37NO4/c1-4-6-7-8-9-10-11-12-16(15(3)22-5-2)18(21)17(20)13-14-19/h15-20H,4-14H2,1-3H3. The number of rotatable bonds is 15. The Morgan fingerprint density at radius 3 is 2.14 bits per heavy atom. The third-order valence-corrected chi connectivity index (χ3v) is 4.21. The van der Waals surface area contributed by atoms with E-state index in [0.717, 1.165) is 19.3 Å². The number of nitrogens with one attached hydrogen (secondary N) is 1. The normalized spacial score (nSPS) is 17.2. The van der Waals surface area contributed by atoms with Gasteiger partial charge < -0.3 is 25.2 Å². The highest BCUT2D eigenvalue weighted by atomic mass is 16.5. The van der Waals surface area contributed by atoms with Crippen LogP contribution in [0.15, 0.2) is 0 Å². The SMILES string of the molecule is CCCCCCCCCC(C(C)OCC)[NH+]([O-])C(O)CCO. The fourth-order valence-electron chi connectivity index (χ4n) is 2.82. The Morgan fingerprint density at radius 1 is 1.00 bits per heavy atom. The molecular formula is C17H37NO4. The molecule has 0 saturated heterocycles. The second-order valence-electron chi connectivity index (χ2n) is 6.11. The van der Waals surface area contributed by atoms with Crippen LogP contribution in [0.2, 0.25) is 0 Å². The van der Waals surface area contributed by atoms with E-state index in [0.29, 0.717) is 6.61 Å². The molecule has 0 aliphatic heterocycles. The molecule has 0 radical (unpaired) electrons. The zero-order chi connectivity index (χ0) is 16.8. The summed E-state index contributed by atoms with van der Waals surface area (Å²) in [6.07, 6.45) is 8.08. The Labute approximate surface area is 136 Å². The van der Waals surface area contributed by atoms with Gasteiger partial charge >= 0.3 is 0 Å². The first-order valence-corrected chi connectivity index (χ1v) is 9.02. The van der Waals surface area contributed by atoms with Gasteiger partial charge in [0, 0.05) is 19.4 Å². The fourth-order valence-corrected chi connectivity index (χ4v) is 2.82. The Balaban J connectivity index is 4.18. The smallest absolute Gasteiger partial charge is 0.191 e. The fraction of sp³-hybridized carbons (Fsp3) is 1.00. The molecule has 0 aromatic carbocycles. The number of hydrogen-bond acceptors (Lipinski definition) is 4. The number of hydrogen-bond donors (Lipinski definition) is 3. The van der Waals surface area contributed by atoms with Crippen molar-refractivity contribution >= 4 is 0 Å². The van der Waals surface area contributed by atoms with Crippen molar-refractivity contribution in [3.8, 4) is 0 Å². The molecule has 4 unspecified atom stereocenters. The van der Waals surface area contributed by atoms with Gasteiger partial charge in [-0.3, -0.25) is 0 Å². The quantitative estimate of drug-likeness (QED) is 0.245. The van der Waals surface area contributed by atoms with Crippen LogP contribution in [0.5, 0.6) is 0 Å². The molecule has 0 aliphatic carbocycles. The van der Waals surface area contributed by atoms with E-state index in [1.807, 2.05) is 13.8 Å². The van der Waals surface area contributed by atoms with Crippen molar-refractivity contribution in [3.63, 3.8) is 0 Å². The number of unbranched alkanes of at least 4 members (excludes halogenated alkanes) is 6. The van der Waals surface area contributed by atoms with Crippen LogP contribution in [-0.4, -0.2) is 41.8 Å². The number of hydroxylamine groups is 2. The highest BCUT2D eigenvalue weighted by Gasteiger charge is 2.27. The molecule has 0 spiro atoms. The minimum absolute atomic E-state index is 0.116. The summed E-state index contributed by atoms with van der Waals surface area (Å²) in [5.41, 5.74) is 0. The van der Waals surface area contributed by atoms with E-state index < -0.39 is 6.23 Å². The van der Waals surface area contributed by atoms with Crippen LogP contribution in [0.4, 0.5) is 0 Å². The first kappa shape index (κ1) is 21.8. The Morgan fingerprint density at radius 2 is 1.59 bits per heavy atom. The average Bonchev–Trinajstić information content (AvgIpc) is 2.50. The molecule has 3 N–H and O–H groups in total. The van der Waals surface area contributed by atoms with Crippen LogP contribution >= 0.6 is 0 Å². The van der Waals surface area contributed by atoms with E-state index in [9.17, 15) is 10.3 Å². The topological polar surface area (TPSA) is 77.2 Å². The van der Waals surface area contributed by atoms with Gasteiger partial charge in [-0.05, 0) is 20.3 Å². The lowest BCUT2D eigenvalue weighted by Crippen LogP contribution is -3.16. The summed E-state index contributed by atoms with van der Waals surface area (Å²) in [5.74, 6) is 0. The second-order valence-corrected chi connectivity index (χ2v) is 6.11. The van der Waals surface area contributed by atoms with Gasteiger partial charge in [-0.2, -0.15) is 0 Å². The zero-order valence-corrected chi connectivity index (χ0v) is 14.7. The molecule has 4 atom stereocenters. The maximum Gasteiger partial charge on any atom is 0.191 e. The number of aliphatic hydroxyl groups is 2. The average molecular weight is 319 g/mol. The van der Waals surface area contributed by atoms with Gasteiger partial charge in [0.15, 0.2) is 6.23 Å². The molecule has 0 aromatic rings. The van der Waals surface area contributed by atoms with E-state index in [1.54, 1.807) is 0 Å². The number of aliphatic hydroxyl groups excluding tert-OH is 2. The van der Waals surface area contributed by atoms with Crippen molar-refractivity contribution in [2.75, 3.05) is 13.2 Å². The number of quaternary nitrogens is 1. The molecule has 22 heavy (non-hydrogen) atoms. The van der Waals surface area contributed by atoms with Crippen LogP contribution in [0.1, 0.15) is 78.6 Å². The molecule has 0 bridgehead atoms. The van der Waals surface area contributed by atoms with E-state index in [2.05, 4.69) is 6.92 Å². The molecule has 134 valence electrons. The maximum atomic E-state index is 12.3. The zero-order valence-electron chi connectivity index (χ0n) is 14.7. The van der Waals surface area contributed by atoms with Crippen molar-refractivity contribution in [2.45, 2.75) is 96.9 Å². The van der Waals surface area contributed by atoms with Crippen LogP contribution < -0.4 is 5.06 Å². The lowest BCUT2D eigenvalue weighted by molar-refractivity contribution is -0.929. The molecular weight excluding hydrogens is 282 g/mol. The van der Waals surface area contributed by atoms with Crippen LogP contribution in [0.3, 0.4) is 0 Å². The van der Waals surface area contributed by atoms with E-state index in [4.69, 9.17) is 9.84 Å². The summed E-state index contributed by atoms with van der Waals surface area (Å²) in [4.78, 5) is 0. The third kappa shape index (κ3) is 9.74. The van der Waals surface area contributed by atoms with Gasteiger partial charge in [-0.15, -0.1) is 0 Å². The molecule has 0 saturated carbocycles. The molecule has 5 nitrogen and oxygen atoms in total. The van der Waals surface area contributed by atoms with Crippen molar-refractivity contribution in [3.05, 3.63) is 5.21 Å². The van der Waals surface area contributed by atoms with Crippen molar-refractivity contribution < 1.29 is 20.0 Å². The van der Waals surface area contributed by atoms with Gasteiger partial charge in [0.2, 0.25) is 0 Å². The second kappa shape index (κ2) is 14.4. The summed E-state index contributed by atoms with van der Waals surface area (Å²) in [5, 5.41) is 30.9. The van der Waals surface area contributed by atoms with Crippen LogP contribution in [0.25, 0.3) is 0 Å². The predicted octanol–water partition coefficient (Wildman–Crippen LogP) is 2.00. The molecule has 5 heteroatoms. The molecule has 0 aromatic heterocycles. The minimum atomic E-state index is -1.07. The van der Waals surface area contributed by atoms with Gasteiger partial charge in [0.25, 0.3) is 0 Å². The summed E-state index contributed by atoms with van der Waals surface area (Å²) in [6, 6.07) is -0.267. The molecule has 0 aliphatic rings. The summed E-state index contributed by atoms with van der Waals surface area (Å²) in [7, 11) is 0. The third-order valence-electron chi connectivity index (χ3n) is 4.21. The first-order valence-electron chi connectivity index (χ1n) is 9.02. The molecule has 0 heterocycles. The van der Waals surface area contributed by atoms with Crippen molar-refractivity contribution in [2.24, 2.45) is 0 Å².